The van der Waals surface area contributed by atoms with Crippen molar-refractivity contribution in [2.24, 2.45) is 5.73 Å². The van der Waals surface area contributed by atoms with Gasteiger partial charge in [0.05, 0.1) is 12.6 Å². The SMILES string of the molecule is C=C(C)COc1ccccc1[C@H](N)CO. The van der Waals surface area contributed by atoms with E-state index in [4.69, 9.17) is 15.6 Å². The topological polar surface area (TPSA) is 55.5 Å². The van der Waals surface area contributed by atoms with E-state index < -0.39 is 6.04 Å². The number of rotatable bonds is 5. The predicted octanol–water partition coefficient (Wildman–Crippen LogP) is 1.63. The van der Waals surface area contributed by atoms with E-state index in [-0.39, 0.29) is 6.61 Å². The van der Waals surface area contributed by atoms with Crippen LogP contribution in [0.4, 0.5) is 0 Å². The largest absolute Gasteiger partial charge is 0.489 e. The quantitative estimate of drug-likeness (QED) is 0.721. The molecule has 1 aromatic carbocycles. The summed E-state index contributed by atoms with van der Waals surface area (Å²) in [4.78, 5) is 0. The highest BCUT2D eigenvalue weighted by atomic mass is 16.5. The van der Waals surface area contributed by atoms with Crippen molar-refractivity contribution in [2.75, 3.05) is 13.2 Å². The number of aliphatic hydroxyl groups excluding tert-OH is 1. The van der Waals surface area contributed by atoms with Crippen LogP contribution < -0.4 is 10.5 Å². The number of benzene rings is 1. The first-order valence-corrected chi connectivity index (χ1v) is 4.87. The van der Waals surface area contributed by atoms with Gasteiger partial charge in [-0.1, -0.05) is 24.8 Å². The Balaban J connectivity index is 2.81. The van der Waals surface area contributed by atoms with Gasteiger partial charge >= 0.3 is 0 Å². The van der Waals surface area contributed by atoms with E-state index in [9.17, 15) is 0 Å². The third kappa shape index (κ3) is 3.38. The first-order chi connectivity index (χ1) is 7.15. The predicted molar refractivity (Wildman–Crippen MR) is 60.8 cm³/mol. The van der Waals surface area contributed by atoms with Gasteiger partial charge in [0.25, 0.3) is 0 Å². The van der Waals surface area contributed by atoms with E-state index in [1.165, 1.54) is 0 Å². The van der Waals surface area contributed by atoms with Crippen molar-refractivity contribution >= 4 is 0 Å². The average molecular weight is 207 g/mol. The number of para-hydroxylation sites is 1. The average Bonchev–Trinajstić information content (AvgIpc) is 2.25. The van der Waals surface area contributed by atoms with Crippen LogP contribution in [0.3, 0.4) is 0 Å². The van der Waals surface area contributed by atoms with Crippen LogP contribution in [0, 0.1) is 0 Å². The second-order valence-corrected chi connectivity index (χ2v) is 3.57. The molecule has 0 radical (unpaired) electrons. The van der Waals surface area contributed by atoms with Gasteiger partial charge in [0.2, 0.25) is 0 Å². The van der Waals surface area contributed by atoms with Crippen molar-refractivity contribution in [1.82, 2.24) is 0 Å². The lowest BCUT2D eigenvalue weighted by Crippen LogP contribution is -2.16. The van der Waals surface area contributed by atoms with Gasteiger partial charge in [-0.3, -0.25) is 0 Å². The van der Waals surface area contributed by atoms with Gasteiger partial charge in [0.15, 0.2) is 0 Å². The van der Waals surface area contributed by atoms with E-state index >= 15 is 0 Å². The monoisotopic (exact) mass is 207 g/mol. The lowest BCUT2D eigenvalue weighted by Gasteiger charge is -2.14. The minimum absolute atomic E-state index is 0.0898. The molecule has 0 bridgehead atoms. The molecule has 0 amide bonds. The van der Waals surface area contributed by atoms with Gasteiger partial charge in [-0.2, -0.15) is 0 Å². The van der Waals surface area contributed by atoms with Crippen LogP contribution in [0.1, 0.15) is 18.5 Å². The molecular formula is C12H17NO2. The van der Waals surface area contributed by atoms with Gasteiger partial charge in [-0.15, -0.1) is 0 Å². The van der Waals surface area contributed by atoms with Gasteiger partial charge in [0.1, 0.15) is 12.4 Å². The van der Waals surface area contributed by atoms with Crippen molar-refractivity contribution in [3.05, 3.63) is 42.0 Å². The Morgan fingerprint density at radius 2 is 2.20 bits per heavy atom. The highest BCUT2D eigenvalue weighted by Crippen LogP contribution is 2.23. The molecular weight excluding hydrogens is 190 g/mol. The Bertz CT molecular complexity index is 336. The molecule has 1 atom stereocenters. The molecule has 0 aliphatic rings. The second-order valence-electron chi connectivity index (χ2n) is 3.57. The Hall–Kier alpha value is -1.32. The van der Waals surface area contributed by atoms with Crippen LogP contribution in [-0.2, 0) is 0 Å². The van der Waals surface area contributed by atoms with E-state index in [1.54, 1.807) is 0 Å². The first kappa shape index (κ1) is 11.8. The molecule has 82 valence electrons. The van der Waals surface area contributed by atoms with Gasteiger partial charge in [-0.25, -0.2) is 0 Å². The summed E-state index contributed by atoms with van der Waals surface area (Å²) in [5.74, 6) is 0.710. The Morgan fingerprint density at radius 1 is 1.53 bits per heavy atom. The zero-order chi connectivity index (χ0) is 11.3. The molecule has 0 saturated heterocycles. The third-order valence-corrected chi connectivity index (χ3v) is 1.99. The van der Waals surface area contributed by atoms with Crippen molar-refractivity contribution in [3.8, 4) is 5.75 Å². The van der Waals surface area contributed by atoms with Crippen LogP contribution in [0.25, 0.3) is 0 Å². The molecule has 0 saturated carbocycles. The fourth-order valence-electron chi connectivity index (χ4n) is 1.22. The fraction of sp³-hybridized carbons (Fsp3) is 0.333. The summed E-state index contributed by atoms with van der Waals surface area (Å²) >= 11 is 0. The van der Waals surface area contributed by atoms with E-state index in [1.807, 2.05) is 31.2 Å². The fourth-order valence-corrected chi connectivity index (χ4v) is 1.22. The molecule has 0 heterocycles. The zero-order valence-corrected chi connectivity index (χ0v) is 8.94. The maximum atomic E-state index is 8.99. The van der Waals surface area contributed by atoms with Crippen molar-refractivity contribution in [3.63, 3.8) is 0 Å². The highest BCUT2D eigenvalue weighted by Gasteiger charge is 2.10. The molecule has 3 heteroatoms. The first-order valence-electron chi connectivity index (χ1n) is 4.87. The number of hydrogen-bond acceptors (Lipinski definition) is 3. The summed E-state index contributed by atoms with van der Waals surface area (Å²) in [7, 11) is 0. The Morgan fingerprint density at radius 3 is 2.80 bits per heavy atom. The molecule has 1 rings (SSSR count). The number of aliphatic hydroxyl groups is 1. The number of hydrogen-bond donors (Lipinski definition) is 2. The Kier molecular flexibility index (Phi) is 4.34. The Labute approximate surface area is 90.2 Å². The smallest absolute Gasteiger partial charge is 0.124 e. The van der Waals surface area contributed by atoms with Crippen LogP contribution >= 0.6 is 0 Å². The lowest BCUT2D eigenvalue weighted by atomic mass is 10.1. The maximum absolute atomic E-state index is 8.99. The molecule has 0 aromatic heterocycles. The second kappa shape index (κ2) is 5.53. The van der Waals surface area contributed by atoms with Crippen molar-refractivity contribution in [2.45, 2.75) is 13.0 Å². The highest BCUT2D eigenvalue weighted by molar-refractivity contribution is 5.36. The molecule has 0 aliphatic heterocycles. The van der Waals surface area contributed by atoms with E-state index in [0.29, 0.717) is 12.4 Å². The third-order valence-electron chi connectivity index (χ3n) is 1.99. The molecule has 0 unspecified atom stereocenters. The number of ether oxygens (including phenoxy) is 1. The minimum atomic E-state index is -0.397. The van der Waals surface area contributed by atoms with Crippen LogP contribution in [0.5, 0.6) is 5.75 Å². The molecule has 15 heavy (non-hydrogen) atoms. The minimum Gasteiger partial charge on any atom is -0.489 e. The number of nitrogens with two attached hydrogens (primary N) is 1. The van der Waals surface area contributed by atoms with E-state index in [2.05, 4.69) is 6.58 Å². The van der Waals surface area contributed by atoms with Gasteiger partial charge in [0, 0.05) is 5.56 Å². The molecule has 3 N–H and O–H groups in total. The summed E-state index contributed by atoms with van der Waals surface area (Å²) in [6.45, 7) is 6.03. The normalized spacial score (nSPS) is 12.2. The summed E-state index contributed by atoms with van der Waals surface area (Å²) in [5, 5.41) is 8.99. The summed E-state index contributed by atoms with van der Waals surface area (Å²) in [5.41, 5.74) is 7.52. The standard InChI is InChI=1S/C12H17NO2/c1-9(2)8-15-12-6-4-3-5-10(12)11(13)7-14/h3-6,11,14H,1,7-8,13H2,2H3/t11-/m1/s1. The summed E-state index contributed by atoms with van der Waals surface area (Å²) in [6.07, 6.45) is 0. The van der Waals surface area contributed by atoms with Crippen LogP contribution in [0.15, 0.2) is 36.4 Å². The summed E-state index contributed by atoms with van der Waals surface area (Å²) < 4.78 is 5.53. The van der Waals surface area contributed by atoms with Gasteiger partial charge < -0.3 is 15.6 Å². The van der Waals surface area contributed by atoms with Crippen molar-refractivity contribution < 1.29 is 9.84 Å². The van der Waals surface area contributed by atoms with Crippen molar-refractivity contribution in [1.29, 1.82) is 0 Å². The zero-order valence-electron chi connectivity index (χ0n) is 8.94. The molecule has 3 nitrogen and oxygen atoms in total. The maximum Gasteiger partial charge on any atom is 0.124 e. The molecule has 0 fully saturated rings. The van der Waals surface area contributed by atoms with Gasteiger partial charge in [-0.05, 0) is 18.6 Å². The van der Waals surface area contributed by atoms with E-state index in [0.717, 1.165) is 11.1 Å². The molecule has 0 spiro atoms. The van der Waals surface area contributed by atoms with Crippen LogP contribution in [0.2, 0.25) is 0 Å². The molecule has 1 aromatic rings. The lowest BCUT2D eigenvalue weighted by molar-refractivity contribution is 0.262. The molecule has 0 aliphatic carbocycles. The summed E-state index contributed by atoms with van der Waals surface area (Å²) in [6, 6.07) is 7.05. The van der Waals surface area contributed by atoms with Crippen LogP contribution in [-0.4, -0.2) is 18.3 Å².